The van der Waals surface area contributed by atoms with Crippen molar-refractivity contribution in [2.24, 2.45) is 0 Å². The molecule has 0 aliphatic rings. The van der Waals surface area contributed by atoms with E-state index in [9.17, 15) is 35.5 Å². The van der Waals surface area contributed by atoms with Crippen molar-refractivity contribution in [3.63, 3.8) is 0 Å². The average Bonchev–Trinajstić information content (AvgIpc) is 2.98. The van der Waals surface area contributed by atoms with E-state index < -0.39 is 53.0 Å². The number of halogens is 7. The second-order valence-electron chi connectivity index (χ2n) is 5.27. The Labute approximate surface area is 138 Å². The number of benzene rings is 1. The summed E-state index contributed by atoms with van der Waals surface area (Å²) in [5, 5.41) is 0. The maximum Gasteiger partial charge on any atom is 0.519 e. The summed E-state index contributed by atoms with van der Waals surface area (Å²) in [5.74, 6) is -4.83. The summed E-state index contributed by atoms with van der Waals surface area (Å²) in [7, 11) is 0. The van der Waals surface area contributed by atoms with Crippen molar-refractivity contribution >= 4 is 11.0 Å². The second kappa shape index (κ2) is 5.61. The topological polar surface area (TPSA) is 61.2 Å². The van der Waals surface area contributed by atoms with Crippen LogP contribution in [0.1, 0.15) is 22.9 Å². The maximum atomic E-state index is 13.6. The monoisotopic (exact) mass is 384 g/mol. The van der Waals surface area contributed by atoms with E-state index in [-0.39, 0.29) is 22.2 Å². The molecule has 1 aromatic carbocycles. The summed E-state index contributed by atoms with van der Waals surface area (Å²) in [6.45, 7) is 0.387. The van der Waals surface area contributed by atoms with Crippen LogP contribution in [0.15, 0.2) is 25.8 Å². The molecule has 3 aromatic rings. The van der Waals surface area contributed by atoms with Crippen molar-refractivity contribution < 1.29 is 39.6 Å². The maximum absolute atomic E-state index is 13.6. The van der Waals surface area contributed by atoms with E-state index in [1.807, 2.05) is 0 Å². The Kier molecular flexibility index (Phi) is 3.89. The van der Waals surface area contributed by atoms with Crippen LogP contribution in [0, 0.1) is 12.7 Å². The fraction of sp³-hybridized carbons (Fsp3) is 0.286. The lowest BCUT2D eigenvalue weighted by molar-refractivity contribution is -0.147. The van der Waals surface area contributed by atoms with Crippen LogP contribution < -0.4 is 5.82 Å². The smallest absolute Gasteiger partial charge is 0.396 e. The largest absolute Gasteiger partial charge is 0.519 e. The molecule has 2 aromatic heterocycles. The van der Waals surface area contributed by atoms with Gasteiger partial charge in [0.2, 0.25) is 5.82 Å². The van der Waals surface area contributed by atoms with Crippen LogP contribution in [-0.2, 0) is 18.9 Å². The van der Waals surface area contributed by atoms with Gasteiger partial charge in [0.05, 0.1) is 17.6 Å². The predicted molar refractivity (Wildman–Crippen MR) is 70.8 cm³/mol. The van der Waals surface area contributed by atoms with Gasteiger partial charge in [-0.3, -0.25) is 0 Å². The van der Waals surface area contributed by atoms with Crippen molar-refractivity contribution in [3.8, 4) is 0 Å². The first-order valence-electron chi connectivity index (χ1n) is 6.81. The van der Waals surface area contributed by atoms with Gasteiger partial charge in [-0.05, 0) is 19.1 Å². The molecular weight excluding hydrogens is 377 g/mol. The fourth-order valence-electron chi connectivity index (χ4n) is 2.44. The zero-order valence-electron chi connectivity index (χ0n) is 12.6. The summed E-state index contributed by atoms with van der Waals surface area (Å²) >= 11 is 0. The number of hydrogen-bond acceptors (Lipinski definition) is 4. The van der Waals surface area contributed by atoms with Gasteiger partial charge in [-0.1, -0.05) is 0 Å². The van der Waals surface area contributed by atoms with Gasteiger partial charge < -0.3 is 13.4 Å². The molecule has 0 amide bonds. The highest BCUT2D eigenvalue weighted by Gasteiger charge is 2.41. The van der Waals surface area contributed by atoms with Gasteiger partial charge in [0.1, 0.15) is 17.1 Å². The molecular formula is C14H7F7N2O3. The van der Waals surface area contributed by atoms with E-state index in [2.05, 4.69) is 13.8 Å². The van der Waals surface area contributed by atoms with E-state index >= 15 is 0 Å². The number of fused-ring (bicyclic) bond motifs is 1. The Morgan fingerprint density at radius 2 is 1.73 bits per heavy atom. The number of alkyl halides is 6. The zero-order valence-corrected chi connectivity index (χ0v) is 12.6. The van der Waals surface area contributed by atoms with Crippen LogP contribution in [0.5, 0.6) is 0 Å². The lowest BCUT2D eigenvalue weighted by Gasteiger charge is -2.10. The van der Waals surface area contributed by atoms with Gasteiger partial charge in [0.25, 0.3) is 0 Å². The van der Waals surface area contributed by atoms with Crippen LogP contribution in [0.25, 0.3) is 11.0 Å². The van der Waals surface area contributed by atoms with E-state index in [1.54, 1.807) is 0 Å². The number of rotatable bonds is 2. The zero-order chi connectivity index (χ0) is 19.4. The summed E-state index contributed by atoms with van der Waals surface area (Å²) in [4.78, 5) is 14.1. The van der Waals surface area contributed by atoms with Crippen LogP contribution in [-0.4, -0.2) is 9.55 Å². The Morgan fingerprint density at radius 3 is 2.23 bits per heavy atom. The second-order valence-corrected chi connectivity index (χ2v) is 5.27. The third kappa shape index (κ3) is 3.06. The van der Waals surface area contributed by atoms with Crippen LogP contribution in [0.4, 0.5) is 30.7 Å². The fourth-order valence-corrected chi connectivity index (χ4v) is 2.44. The number of hydrogen-bond donors (Lipinski definition) is 0. The Bertz CT molecular complexity index is 1040. The van der Waals surface area contributed by atoms with Gasteiger partial charge in [0.15, 0.2) is 5.76 Å². The van der Waals surface area contributed by atoms with E-state index in [1.165, 1.54) is 6.92 Å². The van der Waals surface area contributed by atoms with Crippen molar-refractivity contribution in [2.75, 3.05) is 0 Å². The molecule has 26 heavy (non-hydrogen) atoms. The molecule has 0 fully saturated rings. The minimum absolute atomic E-state index is 0.0586. The van der Waals surface area contributed by atoms with Gasteiger partial charge in [-0.15, -0.1) is 0 Å². The number of imidazole rings is 1. The normalized spacial score (nSPS) is 12.9. The molecule has 0 atom stereocenters. The quantitative estimate of drug-likeness (QED) is 0.624. The summed E-state index contributed by atoms with van der Waals surface area (Å²) in [5.41, 5.74) is -3.48. The van der Waals surface area contributed by atoms with Crippen molar-refractivity contribution in [1.29, 1.82) is 0 Å². The van der Waals surface area contributed by atoms with Crippen LogP contribution in [0.2, 0.25) is 0 Å². The van der Waals surface area contributed by atoms with Crippen molar-refractivity contribution in [3.05, 3.63) is 51.5 Å². The molecule has 0 spiro atoms. The lowest BCUT2D eigenvalue weighted by Crippen LogP contribution is -2.15. The highest BCUT2D eigenvalue weighted by molar-refractivity contribution is 5.80. The Balaban J connectivity index is 2.34. The molecule has 12 heteroatoms. The number of aromatic nitrogens is 2. The van der Waals surface area contributed by atoms with Gasteiger partial charge in [0, 0.05) is 0 Å². The Morgan fingerprint density at radius 1 is 1.08 bits per heavy atom. The van der Waals surface area contributed by atoms with Crippen molar-refractivity contribution in [1.82, 2.24) is 9.55 Å². The Hall–Kier alpha value is -2.79. The summed E-state index contributed by atoms with van der Waals surface area (Å²) in [6, 6.07) is 0.545. The van der Waals surface area contributed by atoms with E-state index in [0.717, 1.165) is 0 Å². The molecule has 0 radical (unpaired) electrons. The van der Waals surface area contributed by atoms with E-state index in [0.29, 0.717) is 6.07 Å². The third-order valence-corrected chi connectivity index (χ3v) is 3.52. The molecule has 3 rings (SSSR count). The first-order chi connectivity index (χ1) is 11.9. The number of nitrogens with zero attached hydrogens (tertiary/aromatic N) is 2. The SMILES string of the molecule is Cc1oc(=O)oc1Cn1c(C(F)(F)F)nc2c(C(F)(F)F)cc(F)cc21. The van der Waals surface area contributed by atoms with E-state index in [4.69, 9.17) is 0 Å². The highest BCUT2D eigenvalue weighted by atomic mass is 19.4. The standard InChI is InChI=1S/C14H7F7N2O3/c1-5-9(26-12(24)25-5)4-23-8-3-6(15)2-7(13(16,17)18)10(8)22-11(23)14(19,20)21/h2-3H,4H2,1H3. The molecule has 0 N–H and O–H groups in total. The van der Waals surface area contributed by atoms with Crippen LogP contribution >= 0.6 is 0 Å². The molecule has 140 valence electrons. The minimum atomic E-state index is -5.14. The first kappa shape index (κ1) is 18.0. The molecule has 0 bridgehead atoms. The summed E-state index contributed by atoms with van der Waals surface area (Å²) < 4.78 is 102. The molecule has 0 aliphatic carbocycles. The minimum Gasteiger partial charge on any atom is -0.396 e. The molecule has 0 unspecified atom stereocenters. The third-order valence-electron chi connectivity index (χ3n) is 3.52. The molecule has 0 aliphatic heterocycles. The van der Waals surface area contributed by atoms with Gasteiger partial charge >= 0.3 is 18.2 Å². The molecule has 0 saturated heterocycles. The van der Waals surface area contributed by atoms with Crippen molar-refractivity contribution in [2.45, 2.75) is 25.8 Å². The molecule has 2 heterocycles. The van der Waals surface area contributed by atoms with Gasteiger partial charge in [-0.2, -0.15) is 26.3 Å². The van der Waals surface area contributed by atoms with Crippen LogP contribution in [0.3, 0.4) is 0 Å². The lowest BCUT2D eigenvalue weighted by atomic mass is 10.1. The number of aryl methyl sites for hydroxylation is 1. The highest BCUT2D eigenvalue weighted by Crippen LogP contribution is 2.38. The first-order valence-corrected chi connectivity index (χ1v) is 6.81. The average molecular weight is 384 g/mol. The van der Waals surface area contributed by atoms with Gasteiger partial charge in [-0.25, -0.2) is 14.2 Å². The molecule has 5 nitrogen and oxygen atoms in total. The molecule has 0 saturated carbocycles. The predicted octanol–water partition coefficient (Wildman–Crippen LogP) is 4.12. The summed E-state index contributed by atoms with van der Waals surface area (Å²) in [6.07, 6.45) is -10.3.